The van der Waals surface area contributed by atoms with Crippen molar-refractivity contribution in [2.75, 3.05) is 0 Å². The average molecular weight is 392 g/mol. The smallest absolute Gasteiger partial charge is 0.182 e. The quantitative estimate of drug-likeness (QED) is 0.468. The molecule has 0 aliphatic carbocycles. The van der Waals surface area contributed by atoms with E-state index in [1.165, 1.54) is 6.07 Å². The van der Waals surface area contributed by atoms with Crippen molar-refractivity contribution in [1.29, 1.82) is 0 Å². The van der Waals surface area contributed by atoms with Gasteiger partial charge in [0.1, 0.15) is 18.8 Å². The fourth-order valence-corrected chi connectivity index (χ4v) is 3.11. The Morgan fingerprint density at radius 3 is 2.83 bits per heavy atom. The molecule has 0 saturated carbocycles. The number of nitrogens with zero attached hydrogens (tertiary/aromatic N) is 6. The Balaban J connectivity index is 1.45. The van der Waals surface area contributed by atoms with Gasteiger partial charge < -0.3 is 4.74 Å². The maximum atomic E-state index is 13.7. The first kappa shape index (κ1) is 17.2. The minimum absolute atomic E-state index is 0.00676. The van der Waals surface area contributed by atoms with Crippen molar-refractivity contribution in [2.45, 2.75) is 6.61 Å². The van der Waals surface area contributed by atoms with Gasteiger partial charge in [-0.2, -0.15) is 5.10 Å². The minimum atomic E-state index is -0.740. The van der Waals surface area contributed by atoms with Crippen LogP contribution in [-0.4, -0.2) is 29.4 Å². The van der Waals surface area contributed by atoms with Gasteiger partial charge in [0.05, 0.1) is 11.6 Å². The summed E-state index contributed by atoms with van der Waals surface area (Å²) < 4.78 is 35.5. The molecule has 7 nitrogen and oxygen atoms in total. The molecule has 5 aromatic rings. The summed E-state index contributed by atoms with van der Waals surface area (Å²) in [6.45, 7) is 0.123. The van der Waals surface area contributed by atoms with Crippen LogP contribution in [-0.2, 0) is 13.7 Å². The first-order valence-corrected chi connectivity index (χ1v) is 8.79. The van der Waals surface area contributed by atoms with Crippen LogP contribution in [0.1, 0.15) is 5.56 Å². The number of rotatable bonds is 4. The third kappa shape index (κ3) is 3.06. The number of aryl methyl sites for hydroxylation is 1. The number of halogens is 2. The number of ether oxygens (including phenoxy) is 1. The summed E-state index contributed by atoms with van der Waals surface area (Å²) in [5, 5.41) is 9.50. The number of benzene rings is 2. The van der Waals surface area contributed by atoms with Gasteiger partial charge in [-0.3, -0.25) is 4.68 Å². The van der Waals surface area contributed by atoms with Gasteiger partial charge in [0, 0.05) is 18.7 Å². The molecule has 0 saturated heterocycles. The summed E-state index contributed by atoms with van der Waals surface area (Å²) in [4.78, 5) is 8.97. The van der Waals surface area contributed by atoms with E-state index in [1.54, 1.807) is 21.7 Å². The summed E-state index contributed by atoms with van der Waals surface area (Å²) in [5.41, 5.74) is 2.97. The molecule has 3 aromatic heterocycles. The first-order chi connectivity index (χ1) is 14.1. The standard InChI is InChI=1S/C20H14F2N6O/c1-27-19-15(9-24-27)20-25-18(26-28(20)11-23-19)13-4-2-3-12(7-13)10-29-17-6-5-14(21)8-16(17)22/h2-9,11H,10H2,1H3. The Morgan fingerprint density at radius 1 is 1.07 bits per heavy atom. The highest BCUT2D eigenvalue weighted by Gasteiger charge is 2.13. The number of fused-ring (bicyclic) bond motifs is 3. The molecule has 0 atom stereocenters. The van der Waals surface area contributed by atoms with Crippen LogP contribution in [0.3, 0.4) is 0 Å². The van der Waals surface area contributed by atoms with Gasteiger partial charge in [-0.05, 0) is 23.8 Å². The molecule has 2 aromatic carbocycles. The number of hydrogen-bond acceptors (Lipinski definition) is 5. The van der Waals surface area contributed by atoms with Crippen LogP contribution in [0.2, 0.25) is 0 Å². The normalized spacial score (nSPS) is 11.4. The Hall–Kier alpha value is -3.88. The predicted octanol–water partition coefficient (Wildman–Crippen LogP) is 3.54. The minimum Gasteiger partial charge on any atom is -0.486 e. The molecular formula is C20H14F2N6O. The molecular weight excluding hydrogens is 378 g/mol. The highest BCUT2D eigenvalue weighted by molar-refractivity contribution is 5.89. The average Bonchev–Trinajstić information content (AvgIpc) is 3.31. The van der Waals surface area contributed by atoms with Crippen LogP contribution in [0, 0.1) is 11.6 Å². The van der Waals surface area contributed by atoms with E-state index in [-0.39, 0.29) is 12.4 Å². The highest BCUT2D eigenvalue weighted by atomic mass is 19.1. The summed E-state index contributed by atoms with van der Waals surface area (Å²) in [7, 11) is 1.82. The van der Waals surface area contributed by atoms with E-state index in [2.05, 4.69) is 20.2 Å². The van der Waals surface area contributed by atoms with E-state index in [1.807, 2.05) is 31.3 Å². The molecule has 5 rings (SSSR count). The summed E-state index contributed by atoms with van der Waals surface area (Å²) in [6, 6.07) is 10.7. The zero-order valence-corrected chi connectivity index (χ0v) is 15.3. The lowest BCUT2D eigenvalue weighted by Crippen LogP contribution is -1.98. The third-order valence-corrected chi connectivity index (χ3v) is 4.54. The maximum Gasteiger partial charge on any atom is 0.182 e. The molecule has 0 bridgehead atoms. The van der Waals surface area contributed by atoms with Gasteiger partial charge in [0.15, 0.2) is 28.7 Å². The topological polar surface area (TPSA) is 70.1 Å². The largest absolute Gasteiger partial charge is 0.486 e. The molecule has 0 amide bonds. The summed E-state index contributed by atoms with van der Waals surface area (Å²) in [5.74, 6) is -0.867. The van der Waals surface area contributed by atoms with E-state index >= 15 is 0 Å². The molecule has 29 heavy (non-hydrogen) atoms. The zero-order valence-electron chi connectivity index (χ0n) is 15.3. The molecule has 3 heterocycles. The van der Waals surface area contributed by atoms with Gasteiger partial charge in [-0.15, -0.1) is 5.10 Å². The lowest BCUT2D eigenvalue weighted by atomic mass is 10.1. The van der Waals surface area contributed by atoms with Crippen molar-refractivity contribution >= 4 is 16.7 Å². The molecule has 144 valence electrons. The van der Waals surface area contributed by atoms with Crippen LogP contribution in [0.15, 0.2) is 55.0 Å². The van der Waals surface area contributed by atoms with Crippen molar-refractivity contribution in [1.82, 2.24) is 29.4 Å². The molecule has 0 aliphatic heterocycles. The Morgan fingerprint density at radius 2 is 1.97 bits per heavy atom. The number of hydrogen-bond donors (Lipinski definition) is 0. The Kier molecular flexibility index (Phi) is 3.94. The van der Waals surface area contributed by atoms with Crippen LogP contribution in [0.25, 0.3) is 28.1 Å². The Bertz CT molecular complexity index is 1360. The van der Waals surface area contributed by atoms with Crippen LogP contribution < -0.4 is 4.74 Å². The second-order valence-corrected chi connectivity index (χ2v) is 6.52. The first-order valence-electron chi connectivity index (χ1n) is 8.79. The Labute approximate surface area is 163 Å². The van der Waals surface area contributed by atoms with Crippen LogP contribution in [0.4, 0.5) is 8.78 Å². The van der Waals surface area contributed by atoms with Gasteiger partial charge in [0.2, 0.25) is 0 Å². The molecule has 0 fully saturated rings. The molecule has 0 unspecified atom stereocenters. The molecule has 9 heteroatoms. The fraction of sp³-hybridized carbons (Fsp3) is 0.100. The van der Waals surface area contributed by atoms with Crippen molar-refractivity contribution in [3.63, 3.8) is 0 Å². The van der Waals surface area contributed by atoms with Crippen molar-refractivity contribution in [3.8, 4) is 17.1 Å². The lowest BCUT2D eigenvalue weighted by molar-refractivity contribution is 0.289. The summed E-state index contributed by atoms with van der Waals surface area (Å²) >= 11 is 0. The van der Waals surface area contributed by atoms with Gasteiger partial charge in [-0.25, -0.2) is 23.3 Å². The second-order valence-electron chi connectivity index (χ2n) is 6.52. The maximum absolute atomic E-state index is 13.7. The zero-order chi connectivity index (χ0) is 20.0. The van der Waals surface area contributed by atoms with Gasteiger partial charge >= 0.3 is 0 Å². The van der Waals surface area contributed by atoms with Crippen LogP contribution in [0.5, 0.6) is 5.75 Å². The monoisotopic (exact) mass is 392 g/mol. The van der Waals surface area contributed by atoms with E-state index in [4.69, 9.17) is 4.74 Å². The molecule has 0 N–H and O–H groups in total. The van der Waals surface area contributed by atoms with E-state index in [0.29, 0.717) is 11.5 Å². The second kappa shape index (κ2) is 6.62. The van der Waals surface area contributed by atoms with Gasteiger partial charge in [0.25, 0.3) is 0 Å². The van der Waals surface area contributed by atoms with Crippen molar-refractivity contribution in [2.24, 2.45) is 7.05 Å². The fourth-order valence-electron chi connectivity index (χ4n) is 3.11. The predicted molar refractivity (Wildman–Crippen MR) is 101 cm³/mol. The van der Waals surface area contributed by atoms with Gasteiger partial charge in [-0.1, -0.05) is 18.2 Å². The third-order valence-electron chi connectivity index (χ3n) is 4.54. The van der Waals surface area contributed by atoms with Crippen molar-refractivity contribution < 1.29 is 13.5 Å². The van der Waals surface area contributed by atoms with E-state index < -0.39 is 11.6 Å². The van der Waals surface area contributed by atoms with E-state index in [9.17, 15) is 8.78 Å². The molecule has 0 aliphatic rings. The highest BCUT2D eigenvalue weighted by Crippen LogP contribution is 2.23. The lowest BCUT2D eigenvalue weighted by Gasteiger charge is -2.08. The SMILES string of the molecule is Cn1ncc2c1ncn1nc(-c3cccc(COc4ccc(F)cc4F)c3)nc21. The van der Waals surface area contributed by atoms with Crippen LogP contribution >= 0.6 is 0 Å². The number of aromatic nitrogens is 6. The molecule has 0 radical (unpaired) electrons. The van der Waals surface area contributed by atoms with Crippen molar-refractivity contribution in [3.05, 3.63) is 72.2 Å². The summed E-state index contributed by atoms with van der Waals surface area (Å²) in [6.07, 6.45) is 3.30. The molecule has 0 spiro atoms. The van der Waals surface area contributed by atoms with E-state index in [0.717, 1.165) is 34.3 Å².